The third-order valence-corrected chi connectivity index (χ3v) is 2.02. The molecule has 0 aliphatic rings. The van der Waals surface area contributed by atoms with E-state index in [1.807, 2.05) is 0 Å². The molecule has 0 radical (unpaired) electrons. The number of aromatic nitrogens is 4. The van der Waals surface area contributed by atoms with E-state index in [9.17, 15) is 4.79 Å². The maximum Gasteiger partial charge on any atom is 0.162 e. The fraction of sp³-hybridized carbons (Fsp3) is 0.125. The minimum Gasteiger partial charge on any atom is -0.298 e. The van der Waals surface area contributed by atoms with Crippen molar-refractivity contribution >= 4 is 17.9 Å². The van der Waals surface area contributed by atoms with Gasteiger partial charge in [-0.3, -0.25) is 9.48 Å². The molecule has 0 fully saturated rings. The fourth-order valence-corrected chi connectivity index (χ4v) is 1.36. The van der Waals surface area contributed by atoms with Gasteiger partial charge in [0, 0.05) is 7.05 Å². The summed E-state index contributed by atoms with van der Waals surface area (Å²) in [4.78, 5) is 10.7. The third-order valence-electron chi connectivity index (χ3n) is 1.83. The Bertz CT molecular complexity index is 473. The average Bonchev–Trinajstić information content (AvgIpc) is 2.71. The highest BCUT2D eigenvalue weighted by atomic mass is 35.5. The summed E-state index contributed by atoms with van der Waals surface area (Å²) in [5.41, 5.74) is 0.479. The molecule has 0 amide bonds. The molecule has 0 saturated carbocycles. The molecule has 14 heavy (non-hydrogen) atoms. The maximum absolute atomic E-state index is 10.7. The highest BCUT2D eigenvalue weighted by molar-refractivity contribution is 6.30. The van der Waals surface area contributed by atoms with Gasteiger partial charge >= 0.3 is 0 Å². The van der Waals surface area contributed by atoms with Crippen molar-refractivity contribution in [1.82, 2.24) is 19.6 Å². The zero-order chi connectivity index (χ0) is 10.1. The summed E-state index contributed by atoms with van der Waals surface area (Å²) in [5.74, 6) is 0.604. The lowest BCUT2D eigenvalue weighted by Gasteiger charge is -2.01. The quantitative estimate of drug-likeness (QED) is 0.697. The number of halogens is 1. The van der Waals surface area contributed by atoms with E-state index in [0.717, 1.165) is 6.29 Å². The summed E-state index contributed by atoms with van der Waals surface area (Å²) < 4.78 is 3.08. The normalized spacial score (nSPS) is 10.4. The number of aryl methyl sites for hydroxylation is 1. The maximum atomic E-state index is 10.7. The van der Waals surface area contributed by atoms with Gasteiger partial charge in [0.25, 0.3) is 0 Å². The number of hydrogen-bond acceptors (Lipinski definition) is 3. The lowest BCUT2D eigenvalue weighted by molar-refractivity contribution is 0.112. The van der Waals surface area contributed by atoms with E-state index in [2.05, 4.69) is 10.2 Å². The van der Waals surface area contributed by atoms with Crippen LogP contribution in [0.3, 0.4) is 0 Å². The van der Waals surface area contributed by atoms with Crippen LogP contribution in [-0.4, -0.2) is 25.8 Å². The van der Waals surface area contributed by atoms with Crippen molar-refractivity contribution in [3.8, 4) is 5.82 Å². The van der Waals surface area contributed by atoms with E-state index >= 15 is 0 Å². The zero-order valence-corrected chi connectivity index (χ0v) is 8.14. The lowest BCUT2D eigenvalue weighted by Crippen LogP contribution is -2.05. The molecule has 0 bridgehead atoms. The van der Waals surface area contributed by atoms with Crippen molar-refractivity contribution in [3.05, 3.63) is 29.2 Å². The Morgan fingerprint density at radius 1 is 1.43 bits per heavy atom. The Kier molecular flexibility index (Phi) is 2.09. The predicted molar refractivity (Wildman–Crippen MR) is 50.7 cm³/mol. The molecule has 0 N–H and O–H groups in total. The molecule has 0 unspecified atom stereocenters. The molecule has 0 saturated heterocycles. The Balaban J connectivity index is 2.59. The minimum absolute atomic E-state index is 0.479. The second-order valence-corrected chi connectivity index (χ2v) is 3.20. The molecule has 0 aliphatic carbocycles. The highest BCUT2D eigenvalue weighted by Gasteiger charge is 2.10. The van der Waals surface area contributed by atoms with Crippen LogP contribution in [0, 0.1) is 0 Å². The molecule has 2 heterocycles. The first kappa shape index (κ1) is 8.96. The van der Waals surface area contributed by atoms with Crippen molar-refractivity contribution in [3.63, 3.8) is 0 Å². The largest absolute Gasteiger partial charge is 0.298 e. The van der Waals surface area contributed by atoms with Crippen molar-refractivity contribution < 1.29 is 4.79 Å². The standard InChI is InChI=1S/C8H7ClN4O/c1-12-8(6(5-14)2-10-12)13-4-7(9)3-11-13/h2-5H,1H3. The fourth-order valence-electron chi connectivity index (χ4n) is 1.23. The smallest absolute Gasteiger partial charge is 0.162 e. The van der Waals surface area contributed by atoms with Gasteiger partial charge in [0.05, 0.1) is 29.2 Å². The van der Waals surface area contributed by atoms with E-state index < -0.39 is 0 Å². The number of rotatable bonds is 2. The molecule has 6 heteroatoms. The van der Waals surface area contributed by atoms with E-state index in [0.29, 0.717) is 16.4 Å². The Labute approximate surface area is 84.9 Å². The summed E-state index contributed by atoms with van der Waals surface area (Å²) in [6.07, 6.45) is 5.34. The number of aldehydes is 1. The van der Waals surface area contributed by atoms with Crippen LogP contribution >= 0.6 is 11.6 Å². The Morgan fingerprint density at radius 2 is 2.21 bits per heavy atom. The second-order valence-electron chi connectivity index (χ2n) is 2.77. The molecule has 0 spiro atoms. The second kappa shape index (κ2) is 3.26. The number of hydrogen-bond donors (Lipinski definition) is 0. The molecule has 2 rings (SSSR count). The molecular formula is C8H7ClN4O. The van der Waals surface area contributed by atoms with Gasteiger partial charge in [-0.1, -0.05) is 11.6 Å². The molecule has 72 valence electrons. The van der Waals surface area contributed by atoms with Crippen LogP contribution in [0.2, 0.25) is 5.02 Å². The first-order valence-electron chi connectivity index (χ1n) is 3.90. The number of carbonyl (C=O) groups excluding carboxylic acids is 1. The van der Waals surface area contributed by atoms with Gasteiger partial charge in [-0.15, -0.1) is 0 Å². The first-order chi connectivity index (χ1) is 6.72. The van der Waals surface area contributed by atoms with Crippen LogP contribution in [0.1, 0.15) is 10.4 Å². The van der Waals surface area contributed by atoms with E-state index in [1.165, 1.54) is 17.1 Å². The zero-order valence-electron chi connectivity index (χ0n) is 7.38. The van der Waals surface area contributed by atoms with Crippen LogP contribution in [0.5, 0.6) is 0 Å². The number of carbonyl (C=O) groups is 1. The van der Waals surface area contributed by atoms with E-state index in [4.69, 9.17) is 11.6 Å². The minimum atomic E-state index is 0.479. The molecule has 5 nitrogen and oxygen atoms in total. The highest BCUT2D eigenvalue weighted by Crippen LogP contribution is 2.13. The van der Waals surface area contributed by atoms with Crippen LogP contribution in [0.4, 0.5) is 0 Å². The first-order valence-corrected chi connectivity index (χ1v) is 4.28. The Hall–Kier alpha value is -1.62. The van der Waals surface area contributed by atoms with Gasteiger partial charge in [0.15, 0.2) is 12.1 Å². The van der Waals surface area contributed by atoms with Crippen LogP contribution < -0.4 is 0 Å². The summed E-state index contributed by atoms with van der Waals surface area (Å²) in [6.45, 7) is 0. The van der Waals surface area contributed by atoms with Crippen molar-refractivity contribution in [2.24, 2.45) is 7.05 Å². The number of nitrogens with zero attached hydrogens (tertiary/aromatic N) is 4. The SMILES string of the molecule is Cn1ncc(C=O)c1-n1cc(Cl)cn1. The van der Waals surface area contributed by atoms with Gasteiger partial charge in [-0.05, 0) is 0 Å². The lowest BCUT2D eigenvalue weighted by atomic mass is 10.4. The summed E-state index contributed by atoms with van der Waals surface area (Å²) in [7, 11) is 1.73. The molecule has 0 aromatic carbocycles. The molecule has 2 aromatic rings. The van der Waals surface area contributed by atoms with E-state index in [-0.39, 0.29) is 0 Å². The topological polar surface area (TPSA) is 52.7 Å². The van der Waals surface area contributed by atoms with E-state index in [1.54, 1.807) is 17.9 Å². The predicted octanol–water partition coefficient (Wildman–Crippen LogP) is 1.07. The summed E-state index contributed by atoms with van der Waals surface area (Å²) in [6, 6.07) is 0. The van der Waals surface area contributed by atoms with Gasteiger partial charge in [0.2, 0.25) is 0 Å². The van der Waals surface area contributed by atoms with Gasteiger partial charge in [-0.2, -0.15) is 10.2 Å². The van der Waals surface area contributed by atoms with Crippen LogP contribution in [-0.2, 0) is 7.05 Å². The summed E-state index contributed by atoms with van der Waals surface area (Å²) >= 11 is 5.72. The molecular weight excluding hydrogens is 204 g/mol. The molecule has 0 atom stereocenters. The molecule has 2 aromatic heterocycles. The Morgan fingerprint density at radius 3 is 2.79 bits per heavy atom. The van der Waals surface area contributed by atoms with Gasteiger partial charge in [0.1, 0.15) is 0 Å². The van der Waals surface area contributed by atoms with Crippen molar-refractivity contribution in [1.29, 1.82) is 0 Å². The van der Waals surface area contributed by atoms with Crippen LogP contribution in [0.25, 0.3) is 5.82 Å². The monoisotopic (exact) mass is 210 g/mol. The third kappa shape index (κ3) is 1.31. The van der Waals surface area contributed by atoms with Crippen molar-refractivity contribution in [2.45, 2.75) is 0 Å². The average molecular weight is 211 g/mol. The summed E-state index contributed by atoms with van der Waals surface area (Å²) in [5, 5.41) is 8.46. The van der Waals surface area contributed by atoms with Gasteiger partial charge in [-0.25, -0.2) is 4.68 Å². The van der Waals surface area contributed by atoms with Gasteiger partial charge < -0.3 is 0 Å². The molecule has 0 aliphatic heterocycles. The van der Waals surface area contributed by atoms with Crippen LogP contribution in [0.15, 0.2) is 18.6 Å². The van der Waals surface area contributed by atoms with Crippen molar-refractivity contribution in [2.75, 3.05) is 0 Å².